The van der Waals surface area contributed by atoms with Crippen LogP contribution in [0.3, 0.4) is 0 Å². The van der Waals surface area contributed by atoms with Gasteiger partial charge < -0.3 is 4.42 Å². The van der Waals surface area contributed by atoms with E-state index in [2.05, 4.69) is 10.5 Å². The van der Waals surface area contributed by atoms with Crippen molar-refractivity contribution in [2.45, 2.75) is 6.92 Å². The monoisotopic (exact) mass is 262 g/mol. The summed E-state index contributed by atoms with van der Waals surface area (Å²) in [7, 11) is 0. The molecule has 1 aromatic carbocycles. The molecule has 18 heavy (non-hydrogen) atoms. The number of nitrogens with zero attached hydrogens (tertiary/aromatic N) is 1. The maximum atomic E-state index is 11.7. The lowest BCUT2D eigenvalue weighted by Gasteiger charge is -1.97. The summed E-state index contributed by atoms with van der Waals surface area (Å²) < 4.78 is 5.04. The van der Waals surface area contributed by atoms with Gasteiger partial charge in [0.1, 0.15) is 5.76 Å². The summed E-state index contributed by atoms with van der Waals surface area (Å²) in [5, 5.41) is 4.48. The third-order valence-corrected chi connectivity index (χ3v) is 2.57. The minimum Gasteiger partial charge on any atom is -0.469 e. The van der Waals surface area contributed by atoms with E-state index in [-0.39, 0.29) is 5.91 Å². The summed E-state index contributed by atoms with van der Waals surface area (Å²) in [5.74, 6) is 0.255. The van der Waals surface area contributed by atoms with Crippen molar-refractivity contribution in [3.8, 4) is 0 Å². The minimum atomic E-state index is -0.306. The molecule has 0 aliphatic heterocycles. The molecule has 4 nitrogen and oxygen atoms in total. The zero-order chi connectivity index (χ0) is 13.0. The van der Waals surface area contributed by atoms with Gasteiger partial charge in [0.15, 0.2) is 0 Å². The fraction of sp³-hybridized carbons (Fsp3) is 0.0769. The first-order valence-electron chi connectivity index (χ1n) is 5.30. The van der Waals surface area contributed by atoms with Crippen molar-refractivity contribution in [3.05, 3.63) is 58.5 Å². The second-order valence-corrected chi connectivity index (χ2v) is 4.08. The number of halogens is 1. The standard InChI is InChI=1S/C13H11ClN2O2/c1-9-12(5-6-18-9)13(17)16-15-8-10-3-2-4-11(14)7-10/h2-8H,1H3,(H,16,17). The molecule has 0 radical (unpaired) electrons. The number of rotatable bonds is 3. The number of hydrogen-bond donors (Lipinski definition) is 1. The van der Waals surface area contributed by atoms with Crippen molar-refractivity contribution in [1.82, 2.24) is 5.43 Å². The maximum Gasteiger partial charge on any atom is 0.274 e. The zero-order valence-corrected chi connectivity index (χ0v) is 10.4. The molecule has 0 unspecified atom stereocenters. The minimum absolute atomic E-state index is 0.306. The SMILES string of the molecule is Cc1occc1C(=O)NN=Cc1cccc(Cl)c1. The van der Waals surface area contributed by atoms with E-state index in [0.29, 0.717) is 16.3 Å². The van der Waals surface area contributed by atoms with Gasteiger partial charge in [0.05, 0.1) is 18.0 Å². The number of amides is 1. The largest absolute Gasteiger partial charge is 0.469 e. The van der Waals surface area contributed by atoms with Crippen LogP contribution in [0.5, 0.6) is 0 Å². The van der Waals surface area contributed by atoms with Gasteiger partial charge in [0, 0.05) is 5.02 Å². The molecule has 0 fully saturated rings. The number of furan rings is 1. The van der Waals surface area contributed by atoms with Gasteiger partial charge in [-0.2, -0.15) is 5.10 Å². The van der Waals surface area contributed by atoms with Crippen LogP contribution in [0.2, 0.25) is 5.02 Å². The Bertz CT molecular complexity index is 590. The average molecular weight is 263 g/mol. The third-order valence-electron chi connectivity index (χ3n) is 2.33. The van der Waals surface area contributed by atoms with Crippen molar-refractivity contribution in [1.29, 1.82) is 0 Å². The first kappa shape index (κ1) is 12.4. The molecule has 1 N–H and O–H groups in total. The Labute approximate surface area is 109 Å². The van der Waals surface area contributed by atoms with E-state index in [4.69, 9.17) is 16.0 Å². The van der Waals surface area contributed by atoms with Gasteiger partial charge in [-0.15, -0.1) is 0 Å². The van der Waals surface area contributed by atoms with Crippen LogP contribution in [0.4, 0.5) is 0 Å². The van der Waals surface area contributed by atoms with Gasteiger partial charge in [-0.1, -0.05) is 23.7 Å². The van der Waals surface area contributed by atoms with Gasteiger partial charge in [-0.3, -0.25) is 4.79 Å². The molecule has 0 atom stereocenters. The molecule has 1 amide bonds. The van der Waals surface area contributed by atoms with Crippen molar-refractivity contribution >= 4 is 23.7 Å². The fourth-order valence-corrected chi connectivity index (χ4v) is 1.63. The molecule has 5 heteroatoms. The summed E-state index contributed by atoms with van der Waals surface area (Å²) in [5.41, 5.74) is 3.70. The lowest BCUT2D eigenvalue weighted by atomic mass is 10.2. The molecule has 1 aromatic heterocycles. The van der Waals surface area contributed by atoms with Crippen molar-refractivity contribution in [3.63, 3.8) is 0 Å². The van der Waals surface area contributed by atoms with Crippen LogP contribution in [-0.2, 0) is 0 Å². The van der Waals surface area contributed by atoms with Crippen LogP contribution in [0.25, 0.3) is 0 Å². The van der Waals surface area contributed by atoms with Crippen molar-refractivity contribution in [2.24, 2.45) is 5.10 Å². The van der Waals surface area contributed by atoms with Gasteiger partial charge >= 0.3 is 0 Å². The van der Waals surface area contributed by atoms with Crippen LogP contribution >= 0.6 is 11.6 Å². The molecule has 0 aliphatic carbocycles. The third kappa shape index (κ3) is 2.99. The van der Waals surface area contributed by atoms with E-state index < -0.39 is 0 Å². The summed E-state index contributed by atoms with van der Waals surface area (Å²) in [4.78, 5) is 11.7. The Kier molecular flexibility index (Phi) is 3.79. The highest BCUT2D eigenvalue weighted by Crippen LogP contribution is 2.09. The number of hydrazone groups is 1. The lowest BCUT2D eigenvalue weighted by molar-refractivity contribution is 0.0953. The normalized spacial score (nSPS) is 10.8. The Hall–Kier alpha value is -2.07. The average Bonchev–Trinajstić information content (AvgIpc) is 2.75. The first-order chi connectivity index (χ1) is 8.66. The zero-order valence-electron chi connectivity index (χ0n) is 9.68. The second kappa shape index (κ2) is 5.51. The molecule has 0 aliphatic rings. The number of hydrogen-bond acceptors (Lipinski definition) is 3. The Morgan fingerprint density at radius 2 is 2.28 bits per heavy atom. The molecule has 0 bridgehead atoms. The summed E-state index contributed by atoms with van der Waals surface area (Å²) in [6.45, 7) is 1.72. The fourth-order valence-electron chi connectivity index (χ4n) is 1.43. The molecule has 92 valence electrons. The van der Waals surface area contributed by atoms with Crippen molar-refractivity contribution in [2.75, 3.05) is 0 Å². The lowest BCUT2D eigenvalue weighted by Crippen LogP contribution is -2.17. The molecule has 2 aromatic rings. The summed E-state index contributed by atoms with van der Waals surface area (Å²) in [6, 6.07) is 8.77. The van der Waals surface area contributed by atoms with Gasteiger partial charge in [0.25, 0.3) is 5.91 Å². The molecule has 0 spiro atoms. The van der Waals surface area contributed by atoms with Gasteiger partial charge in [-0.25, -0.2) is 5.43 Å². The molecule has 0 saturated heterocycles. The molecular formula is C13H11ClN2O2. The molecular weight excluding hydrogens is 252 g/mol. The van der Waals surface area contributed by atoms with E-state index in [1.54, 1.807) is 25.1 Å². The molecule has 0 saturated carbocycles. The van der Waals surface area contributed by atoms with Crippen molar-refractivity contribution < 1.29 is 9.21 Å². The number of carbonyl (C=O) groups excluding carboxylic acids is 1. The number of carbonyl (C=O) groups is 1. The van der Waals surface area contributed by atoms with E-state index in [1.165, 1.54) is 12.5 Å². The predicted octanol–water partition coefficient (Wildman–Crippen LogP) is 3.01. The maximum absolute atomic E-state index is 11.7. The summed E-state index contributed by atoms with van der Waals surface area (Å²) in [6.07, 6.45) is 2.99. The Morgan fingerprint density at radius 3 is 2.94 bits per heavy atom. The molecule has 1 heterocycles. The van der Waals surface area contributed by atoms with Gasteiger partial charge in [0.2, 0.25) is 0 Å². The van der Waals surface area contributed by atoms with Gasteiger partial charge in [-0.05, 0) is 30.7 Å². The Morgan fingerprint density at radius 1 is 1.44 bits per heavy atom. The van der Waals surface area contributed by atoms with E-state index in [1.807, 2.05) is 12.1 Å². The molecule has 2 rings (SSSR count). The van der Waals surface area contributed by atoms with Crippen LogP contribution in [0.15, 0.2) is 46.1 Å². The number of benzene rings is 1. The quantitative estimate of drug-likeness (QED) is 0.683. The van der Waals surface area contributed by atoms with E-state index in [0.717, 1.165) is 5.56 Å². The number of aryl methyl sites for hydroxylation is 1. The second-order valence-electron chi connectivity index (χ2n) is 3.64. The highest BCUT2D eigenvalue weighted by Gasteiger charge is 2.09. The first-order valence-corrected chi connectivity index (χ1v) is 5.67. The predicted molar refractivity (Wildman–Crippen MR) is 70.0 cm³/mol. The van der Waals surface area contributed by atoms with E-state index in [9.17, 15) is 4.79 Å². The van der Waals surface area contributed by atoms with Crippen LogP contribution in [-0.4, -0.2) is 12.1 Å². The van der Waals surface area contributed by atoms with Crippen LogP contribution in [0, 0.1) is 6.92 Å². The summed E-state index contributed by atoms with van der Waals surface area (Å²) >= 11 is 5.83. The number of nitrogens with one attached hydrogen (secondary N) is 1. The smallest absolute Gasteiger partial charge is 0.274 e. The highest BCUT2D eigenvalue weighted by atomic mass is 35.5. The van der Waals surface area contributed by atoms with E-state index >= 15 is 0 Å². The van der Waals surface area contributed by atoms with Crippen LogP contribution < -0.4 is 5.43 Å². The highest BCUT2D eigenvalue weighted by molar-refractivity contribution is 6.30. The Balaban J connectivity index is 2.00. The van der Waals surface area contributed by atoms with Crippen LogP contribution in [0.1, 0.15) is 21.7 Å². The topological polar surface area (TPSA) is 54.6 Å².